The Morgan fingerprint density at radius 2 is 1.97 bits per heavy atom. The second-order valence-corrected chi connectivity index (χ2v) is 10.5. The normalized spacial score (nSPS) is 30.3. The summed E-state index contributed by atoms with van der Waals surface area (Å²) >= 11 is 1.45. The Kier molecular flexibility index (Phi) is 6.47. The van der Waals surface area contributed by atoms with Gasteiger partial charge in [0.05, 0.1) is 24.1 Å². The SMILES string of the molecule is C[C@@H](O)[C@H]1C(=O)N2C(C(=O)O)=C(S[C@H]3C[C@@H](C(=O)N(C)C)N(Cc4cncnc4)C3)[C@H](C)[C@H]12. The van der Waals surface area contributed by atoms with Crippen LogP contribution in [0.5, 0.6) is 0 Å². The molecule has 10 nitrogen and oxygen atoms in total. The number of hydrogen-bond donors (Lipinski definition) is 2. The molecular weight excluding hydrogens is 446 g/mol. The summed E-state index contributed by atoms with van der Waals surface area (Å²) in [6.45, 7) is 4.58. The van der Waals surface area contributed by atoms with Crippen molar-refractivity contribution in [3.63, 3.8) is 0 Å². The molecule has 178 valence electrons. The van der Waals surface area contributed by atoms with Crippen LogP contribution >= 0.6 is 11.8 Å². The molecule has 3 aliphatic heterocycles. The molecule has 0 aromatic carbocycles. The molecular formula is C22H29N5O5S. The van der Waals surface area contributed by atoms with Crippen LogP contribution in [0.25, 0.3) is 0 Å². The summed E-state index contributed by atoms with van der Waals surface area (Å²) in [4.78, 5) is 51.3. The van der Waals surface area contributed by atoms with Gasteiger partial charge < -0.3 is 20.0 Å². The number of aliphatic hydroxyl groups is 1. The number of amides is 2. The first-order chi connectivity index (χ1) is 15.6. The quantitative estimate of drug-likeness (QED) is 0.539. The van der Waals surface area contributed by atoms with Gasteiger partial charge in [0, 0.05) is 61.2 Å². The van der Waals surface area contributed by atoms with E-state index >= 15 is 0 Å². The number of rotatable bonds is 7. The highest BCUT2D eigenvalue weighted by Crippen LogP contribution is 2.52. The van der Waals surface area contributed by atoms with Crippen molar-refractivity contribution in [1.82, 2.24) is 24.7 Å². The molecule has 0 unspecified atom stereocenters. The number of fused-ring (bicyclic) bond motifs is 1. The van der Waals surface area contributed by atoms with E-state index in [0.29, 0.717) is 24.4 Å². The first-order valence-electron chi connectivity index (χ1n) is 11.0. The second kappa shape index (κ2) is 9.03. The van der Waals surface area contributed by atoms with Gasteiger partial charge >= 0.3 is 5.97 Å². The van der Waals surface area contributed by atoms with Crippen LogP contribution in [-0.4, -0.2) is 96.7 Å². The smallest absolute Gasteiger partial charge is 0.353 e. The third kappa shape index (κ3) is 4.13. The largest absolute Gasteiger partial charge is 0.477 e. The van der Waals surface area contributed by atoms with E-state index < -0.39 is 18.0 Å². The molecule has 3 aliphatic rings. The number of carboxylic acid groups (broad SMARTS) is 1. The Labute approximate surface area is 196 Å². The van der Waals surface area contributed by atoms with Gasteiger partial charge in [-0.2, -0.15) is 0 Å². The molecule has 0 saturated carbocycles. The van der Waals surface area contributed by atoms with Crippen molar-refractivity contribution in [2.75, 3.05) is 20.6 Å². The minimum atomic E-state index is -1.14. The molecule has 2 saturated heterocycles. The lowest BCUT2D eigenvalue weighted by Gasteiger charge is -2.46. The van der Waals surface area contributed by atoms with E-state index in [1.165, 1.54) is 23.0 Å². The molecule has 6 atom stereocenters. The van der Waals surface area contributed by atoms with E-state index in [2.05, 4.69) is 14.9 Å². The second-order valence-electron chi connectivity index (χ2n) is 9.17. The number of β-lactam (4-membered cyclic amide) rings is 1. The van der Waals surface area contributed by atoms with E-state index in [1.54, 1.807) is 38.3 Å². The van der Waals surface area contributed by atoms with Gasteiger partial charge in [0.15, 0.2) is 0 Å². The number of aromatic nitrogens is 2. The van der Waals surface area contributed by atoms with Crippen LogP contribution in [0.3, 0.4) is 0 Å². The summed E-state index contributed by atoms with van der Waals surface area (Å²) in [6, 6.07) is -0.684. The Hall–Kier alpha value is -2.50. The summed E-state index contributed by atoms with van der Waals surface area (Å²) in [5.41, 5.74) is 0.915. The molecule has 0 bridgehead atoms. The van der Waals surface area contributed by atoms with Crippen molar-refractivity contribution in [3.05, 3.63) is 34.9 Å². The first kappa shape index (κ1) is 23.7. The summed E-state index contributed by atoms with van der Waals surface area (Å²) in [7, 11) is 3.45. The van der Waals surface area contributed by atoms with E-state index in [-0.39, 0.29) is 40.8 Å². The highest BCUT2D eigenvalue weighted by Gasteiger charge is 2.60. The van der Waals surface area contributed by atoms with Gasteiger partial charge in [-0.1, -0.05) is 6.92 Å². The third-order valence-corrected chi connectivity index (χ3v) is 8.19. The molecule has 4 heterocycles. The van der Waals surface area contributed by atoms with Gasteiger partial charge in [0.25, 0.3) is 0 Å². The fourth-order valence-corrected chi connectivity index (χ4v) is 6.74. The van der Waals surface area contributed by atoms with Crippen molar-refractivity contribution < 1.29 is 24.6 Å². The van der Waals surface area contributed by atoms with Crippen LogP contribution in [0.15, 0.2) is 29.3 Å². The molecule has 1 aromatic rings. The van der Waals surface area contributed by atoms with E-state index in [4.69, 9.17) is 0 Å². The number of carbonyl (C=O) groups excluding carboxylic acids is 2. The lowest BCUT2D eigenvalue weighted by atomic mass is 9.79. The van der Waals surface area contributed by atoms with E-state index in [0.717, 1.165) is 5.56 Å². The Morgan fingerprint density at radius 3 is 2.55 bits per heavy atom. The van der Waals surface area contributed by atoms with Crippen LogP contribution < -0.4 is 0 Å². The maximum absolute atomic E-state index is 12.9. The lowest BCUT2D eigenvalue weighted by Crippen LogP contribution is -2.63. The minimum Gasteiger partial charge on any atom is -0.477 e. The number of carboxylic acids is 1. The van der Waals surface area contributed by atoms with Gasteiger partial charge in [0.2, 0.25) is 11.8 Å². The molecule has 0 radical (unpaired) electrons. The number of hydrogen-bond acceptors (Lipinski definition) is 8. The molecule has 11 heteroatoms. The molecule has 2 N–H and O–H groups in total. The number of aliphatic hydroxyl groups excluding tert-OH is 1. The maximum Gasteiger partial charge on any atom is 0.353 e. The van der Waals surface area contributed by atoms with Crippen LogP contribution in [0.2, 0.25) is 0 Å². The maximum atomic E-state index is 12.9. The van der Waals surface area contributed by atoms with Gasteiger partial charge in [-0.25, -0.2) is 14.8 Å². The fourth-order valence-electron chi connectivity index (χ4n) is 5.18. The van der Waals surface area contributed by atoms with E-state index in [1.807, 2.05) is 6.92 Å². The Bertz CT molecular complexity index is 985. The third-order valence-electron chi connectivity index (χ3n) is 6.70. The van der Waals surface area contributed by atoms with Crippen LogP contribution in [0, 0.1) is 11.8 Å². The summed E-state index contributed by atoms with van der Waals surface area (Å²) < 4.78 is 0. The van der Waals surface area contributed by atoms with Crippen molar-refractivity contribution in [3.8, 4) is 0 Å². The zero-order valence-electron chi connectivity index (χ0n) is 19.1. The predicted octanol–water partition coefficient (Wildman–Crippen LogP) is 0.395. The molecule has 2 amide bonds. The van der Waals surface area contributed by atoms with Gasteiger partial charge in [-0.3, -0.25) is 14.5 Å². The van der Waals surface area contributed by atoms with Crippen LogP contribution in [-0.2, 0) is 20.9 Å². The van der Waals surface area contributed by atoms with Crippen LogP contribution in [0.1, 0.15) is 25.8 Å². The number of thioether (sulfide) groups is 1. The van der Waals surface area contributed by atoms with E-state index in [9.17, 15) is 24.6 Å². The highest BCUT2D eigenvalue weighted by atomic mass is 32.2. The lowest BCUT2D eigenvalue weighted by molar-refractivity contribution is -0.163. The Balaban J connectivity index is 1.57. The van der Waals surface area contributed by atoms with Gasteiger partial charge in [0.1, 0.15) is 12.0 Å². The molecule has 2 fully saturated rings. The molecule has 0 aliphatic carbocycles. The summed E-state index contributed by atoms with van der Waals surface area (Å²) in [6.07, 6.45) is 4.64. The number of likely N-dealkylation sites (tertiary alicyclic amines) is 1. The number of carbonyl (C=O) groups is 3. The van der Waals surface area contributed by atoms with Gasteiger partial charge in [-0.05, 0) is 13.3 Å². The van der Waals surface area contributed by atoms with Crippen LogP contribution in [0.4, 0.5) is 0 Å². The predicted molar refractivity (Wildman–Crippen MR) is 121 cm³/mol. The van der Waals surface area contributed by atoms with Crippen molar-refractivity contribution in [2.24, 2.45) is 11.8 Å². The summed E-state index contributed by atoms with van der Waals surface area (Å²) in [5.74, 6) is -2.27. The molecule has 1 aromatic heterocycles. The zero-order valence-corrected chi connectivity index (χ0v) is 19.9. The topological polar surface area (TPSA) is 127 Å². The molecule has 33 heavy (non-hydrogen) atoms. The molecule has 4 rings (SSSR count). The number of aliphatic carboxylic acids is 1. The fraction of sp³-hybridized carbons (Fsp3) is 0.591. The van der Waals surface area contributed by atoms with Crippen molar-refractivity contribution in [2.45, 2.75) is 50.3 Å². The highest BCUT2D eigenvalue weighted by molar-refractivity contribution is 8.03. The monoisotopic (exact) mass is 475 g/mol. The molecule has 0 spiro atoms. The minimum absolute atomic E-state index is 0.00461. The number of nitrogens with zero attached hydrogens (tertiary/aromatic N) is 5. The van der Waals surface area contributed by atoms with Crippen molar-refractivity contribution >= 4 is 29.5 Å². The standard InChI is InChI=1S/C22H29N5O5S/c1-11-17-16(12(2)28)21(30)27(17)18(22(31)32)19(11)33-14-5-15(20(29)25(3)4)26(9-14)8-13-6-23-10-24-7-13/h6-7,10-12,14-17,28H,5,8-9H2,1-4H3,(H,31,32)/t11-,12-,14+,15+,16-,17-/m1/s1. The Morgan fingerprint density at radius 1 is 1.30 bits per heavy atom. The average Bonchev–Trinajstić information content (AvgIpc) is 3.25. The zero-order chi connectivity index (χ0) is 24.0. The van der Waals surface area contributed by atoms with Gasteiger partial charge in [-0.15, -0.1) is 11.8 Å². The van der Waals surface area contributed by atoms with Crippen molar-refractivity contribution in [1.29, 1.82) is 0 Å². The summed E-state index contributed by atoms with van der Waals surface area (Å²) in [5, 5.41) is 19.9. The number of likely N-dealkylation sites (N-methyl/N-ethyl adjacent to an activating group) is 1. The average molecular weight is 476 g/mol. The first-order valence-corrected chi connectivity index (χ1v) is 11.8.